The average Bonchev–Trinajstić information content (AvgIpc) is 2.96. The molecule has 2 aromatic heterocycles. The van der Waals surface area contributed by atoms with E-state index in [1.165, 1.54) is 23.5 Å². The van der Waals surface area contributed by atoms with E-state index in [2.05, 4.69) is 4.98 Å². The fourth-order valence-electron chi connectivity index (χ4n) is 2.23. The summed E-state index contributed by atoms with van der Waals surface area (Å²) in [5.41, 5.74) is 2.87. The lowest BCUT2D eigenvalue weighted by Crippen LogP contribution is -1.78. The van der Waals surface area contributed by atoms with Crippen LogP contribution in [0.1, 0.15) is 0 Å². The van der Waals surface area contributed by atoms with Crippen molar-refractivity contribution in [3.63, 3.8) is 0 Å². The van der Waals surface area contributed by atoms with Crippen LogP contribution in [-0.2, 0) is 0 Å². The molecule has 2 aromatic carbocycles. The van der Waals surface area contributed by atoms with Crippen LogP contribution in [0.15, 0.2) is 48.7 Å². The SMILES string of the molecule is Fc1ccc2c(c1)sc1nc(-c3ccc(Cl)cc3)cn12. The standard InChI is InChI=1S/C15H8ClFN2S/c16-10-3-1-9(2-4-10)12-8-19-13-6-5-11(17)7-14(13)20-15(19)18-12/h1-8H. The highest BCUT2D eigenvalue weighted by atomic mass is 35.5. The number of benzene rings is 2. The minimum absolute atomic E-state index is 0.222. The summed E-state index contributed by atoms with van der Waals surface area (Å²) in [5, 5.41) is 0.704. The van der Waals surface area contributed by atoms with E-state index in [1.54, 1.807) is 6.07 Å². The van der Waals surface area contributed by atoms with Crippen molar-refractivity contribution in [3.05, 3.63) is 59.5 Å². The van der Waals surface area contributed by atoms with Crippen LogP contribution in [-0.4, -0.2) is 9.38 Å². The molecule has 2 nitrogen and oxygen atoms in total. The highest BCUT2D eigenvalue weighted by molar-refractivity contribution is 7.23. The van der Waals surface area contributed by atoms with Gasteiger partial charge in [-0.05, 0) is 30.3 Å². The number of rotatable bonds is 1. The van der Waals surface area contributed by atoms with Gasteiger partial charge >= 0.3 is 0 Å². The first-order valence-corrected chi connectivity index (χ1v) is 7.23. The topological polar surface area (TPSA) is 17.3 Å². The van der Waals surface area contributed by atoms with E-state index in [4.69, 9.17) is 11.6 Å². The molecule has 2 heterocycles. The van der Waals surface area contributed by atoms with Crippen LogP contribution >= 0.6 is 22.9 Å². The van der Waals surface area contributed by atoms with Crippen LogP contribution in [0.2, 0.25) is 5.02 Å². The molecule has 98 valence electrons. The third-order valence-electron chi connectivity index (χ3n) is 3.20. The third kappa shape index (κ3) is 1.80. The normalized spacial score (nSPS) is 11.5. The molecule has 0 atom stereocenters. The van der Waals surface area contributed by atoms with Crippen molar-refractivity contribution in [1.29, 1.82) is 0 Å². The molecule has 5 heteroatoms. The summed E-state index contributed by atoms with van der Waals surface area (Å²) in [7, 11) is 0. The summed E-state index contributed by atoms with van der Waals surface area (Å²) in [6, 6.07) is 12.4. The van der Waals surface area contributed by atoms with Crippen molar-refractivity contribution in [2.75, 3.05) is 0 Å². The average molecular weight is 303 g/mol. The lowest BCUT2D eigenvalue weighted by atomic mass is 10.2. The lowest BCUT2D eigenvalue weighted by molar-refractivity contribution is 0.630. The van der Waals surface area contributed by atoms with E-state index in [1.807, 2.05) is 34.9 Å². The van der Waals surface area contributed by atoms with Gasteiger partial charge in [-0.15, -0.1) is 0 Å². The van der Waals surface area contributed by atoms with Crippen molar-refractivity contribution in [1.82, 2.24) is 9.38 Å². The third-order valence-corrected chi connectivity index (χ3v) is 4.47. The van der Waals surface area contributed by atoms with E-state index in [-0.39, 0.29) is 5.82 Å². The van der Waals surface area contributed by atoms with Gasteiger partial charge in [0, 0.05) is 16.8 Å². The predicted octanol–water partition coefficient (Wildman–Crippen LogP) is 5.01. The number of hydrogen-bond donors (Lipinski definition) is 0. The second-order valence-corrected chi connectivity index (χ2v) is 5.95. The number of thiazole rings is 1. The molecule has 0 bridgehead atoms. The minimum Gasteiger partial charge on any atom is -0.290 e. The second-order valence-electron chi connectivity index (χ2n) is 4.50. The van der Waals surface area contributed by atoms with E-state index >= 15 is 0 Å². The zero-order valence-electron chi connectivity index (χ0n) is 10.2. The summed E-state index contributed by atoms with van der Waals surface area (Å²) in [6.07, 6.45) is 1.97. The summed E-state index contributed by atoms with van der Waals surface area (Å²) in [6.45, 7) is 0. The minimum atomic E-state index is -0.222. The molecule has 0 aliphatic heterocycles. The Morgan fingerprint density at radius 1 is 1.10 bits per heavy atom. The van der Waals surface area contributed by atoms with Crippen LogP contribution < -0.4 is 0 Å². The Hall–Kier alpha value is -1.91. The van der Waals surface area contributed by atoms with E-state index in [9.17, 15) is 4.39 Å². The molecule has 0 fully saturated rings. The second kappa shape index (κ2) is 4.30. The monoisotopic (exact) mass is 302 g/mol. The van der Waals surface area contributed by atoms with Crippen LogP contribution in [0, 0.1) is 5.82 Å². The van der Waals surface area contributed by atoms with Crippen LogP contribution in [0.4, 0.5) is 4.39 Å². The maximum Gasteiger partial charge on any atom is 0.195 e. The molecule has 4 rings (SSSR count). The first-order chi connectivity index (χ1) is 9.70. The zero-order chi connectivity index (χ0) is 13.7. The van der Waals surface area contributed by atoms with Crippen LogP contribution in [0.5, 0.6) is 0 Å². The molecule has 0 radical (unpaired) electrons. The Morgan fingerprint density at radius 2 is 1.90 bits per heavy atom. The zero-order valence-corrected chi connectivity index (χ0v) is 11.7. The lowest BCUT2D eigenvalue weighted by Gasteiger charge is -1.96. The van der Waals surface area contributed by atoms with E-state index in [0.717, 1.165) is 26.4 Å². The van der Waals surface area contributed by atoms with Crippen LogP contribution in [0.25, 0.3) is 26.4 Å². The molecule has 4 aromatic rings. The Labute approximate surface area is 123 Å². The largest absolute Gasteiger partial charge is 0.290 e. The van der Waals surface area contributed by atoms with Gasteiger partial charge in [-0.25, -0.2) is 9.37 Å². The van der Waals surface area contributed by atoms with Crippen LogP contribution in [0.3, 0.4) is 0 Å². The summed E-state index contributed by atoms with van der Waals surface area (Å²) < 4.78 is 16.1. The predicted molar refractivity (Wildman–Crippen MR) is 81.0 cm³/mol. The maximum atomic E-state index is 13.2. The Balaban J connectivity index is 1.93. The van der Waals surface area contributed by atoms with Crippen molar-refractivity contribution >= 4 is 38.1 Å². The number of hydrogen-bond acceptors (Lipinski definition) is 2. The molecule has 0 saturated heterocycles. The number of aromatic nitrogens is 2. The summed E-state index contributed by atoms with van der Waals surface area (Å²) >= 11 is 7.37. The quantitative estimate of drug-likeness (QED) is 0.483. The van der Waals surface area contributed by atoms with Gasteiger partial charge in [0.05, 0.1) is 15.9 Å². The van der Waals surface area contributed by atoms with Crippen molar-refractivity contribution in [2.45, 2.75) is 0 Å². The van der Waals surface area contributed by atoms with Gasteiger partial charge in [0.2, 0.25) is 0 Å². The Morgan fingerprint density at radius 3 is 2.70 bits per heavy atom. The van der Waals surface area contributed by atoms with Gasteiger partial charge in [0.15, 0.2) is 4.96 Å². The summed E-state index contributed by atoms with van der Waals surface area (Å²) in [4.78, 5) is 5.45. The van der Waals surface area contributed by atoms with Gasteiger partial charge in [-0.2, -0.15) is 0 Å². The van der Waals surface area contributed by atoms with Crippen molar-refractivity contribution in [2.24, 2.45) is 0 Å². The molecular weight excluding hydrogens is 295 g/mol. The number of halogens is 2. The highest BCUT2D eigenvalue weighted by Gasteiger charge is 2.10. The molecule has 0 N–H and O–H groups in total. The highest BCUT2D eigenvalue weighted by Crippen LogP contribution is 2.30. The molecule has 0 aliphatic rings. The molecule has 0 unspecified atom stereocenters. The summed E-state index contributed by atoms with van der Waals surface area (Å²) in [5.74, 6) is -0.222. The first kappa shape index (κ1) is 11.9. The molecule has 0 amide bonds. The van der Waals surface area contributed by atoms with Gasteiger partial charge in [0.25, 0.3) is 0 Å². The van der Waals surface area contributed by atoms with Gasteiger partial charge in [-0.3, -0.25) is 4.40 Å². The molecule has 0 aliphatic carbocycles. The Kier molecular flexibility index (Phi) is 2.55. The van der Waals surface area contributed by atoms with Crippen molar-refractivity contribution < 1.29 is 4.39 Å². The smallest absolute Gasteiger partial charge is 0.195 e. The molecule has 20 heavy (non-hydrogen) atoms. The van der Waals surface area contributed by atoms with Gasteiger partial charge in [0.1, 0.15) is 5.82 Å². The van der Waals surface area contributed by atoms with E-state index < -0.39 is 0 Å². The van der Waals surface area contributed by atoms with E-state index in [0.29, 0.717) is 5.02 Å². The fraction of sp³-hybridized carbons (Fsp3) is 0. The maximum absolute atomic E-state index is 13.2. The number of imidazole rings is 1. The van der Waals surface area contributed by atoms with Crippen molar-refractivity contribution in [3.8, 4) is 11.3 Å². The molecule has 0 saturated carbocycles. The Bertz CT molecular complexity index is 924. The number of nitrogens with zero attached hydrogens (tertiary/aromatic N) is 2. The van der Waals surface area contributed by atoms with Gasteiger partial charge < -0.3 is 0 Å². The van der Waals surface area contributed by atoms with Gasteiger partial charge in [-0.1, -0.05) is 35.1 Å². The fourth-order valence-corrected chi connectivity index (χ4v) is 3.39. The molecule has 0 spiro atoms. The molecular formula is C15H8ClFN2S. The number of fused-ring (bicyclic) bond motifs is 3. The first-order valence-electron chi connectivity index (χ1n) is 6.04.